The summed E-state index contributed by atoms with van der Waals surface area (Å²) in [4.78, 5) is 23.1. The third-order valence-electron chi connectivity index (χ3n) is 4.66. The van der Waals surface area contributed by atoms with Crippen molar-refractivity contribution in [1.29, 1.82) is 0 Å². The van der Waals surface area contributed by atoms with Crippen LogP contribution >= 0.6 is 15.9 Å². The molecule has 30 heavy (non-hydrogen) atoms. The summed E-state index contributed by atoms with van der Waals surface area (Å²) in [5.41, 5.74) is 2.98. The number of allylic oxidation sites excluding steroid dienone is 1. The minimum Gasteiger partial charge on any atom is -0.489 e. The largest absolute Gasteiger partial charge is 0.489 e. The third kappa shape index (κ3) is 4.11. The van der Waals surface area contributed by atoms with Crippen LogP contribution in [0.2, 0.25) is 0 Å². The van der Waals surface area contributed by atoms with Gasteiger partial charge in [0, 0.05) is 22.7 Å². The Kier molecular flexibility index (Phi) is 5.37. The number of carbonyl (C=O) groups excluding carboxylic acids is 1. The van der Waals surface area contributed by atoms with Gasteiger partial charge in [-0.2, -0.15) is 0 Å². The van der Waals surface area contributed by atoms with E-state index in [9.17, 15) is 14.9 Å². The highest BCUT2D eigenvalue weighted by Crippen LogP contribution is 2.37. The van der Waals surface area contributed by atoms with Gasteiger partial charge in [0.1, 0.15) is 18.1 Å². The lowest BCUT2D eigenvalue weighted by Gasteiger charge is -2.09. The Bertz CT molecular complexity index is 1170. The van der Waals surface area contributed by atoms with Crippen molar-refractivity contribution in [3.05, 3.63) is 103 Å². The molecule has 4 rings (SSSR count). The van der Waals surface area contributed by atoms with Gasteiger partial charge in [-0.25, -0.2) is 0 Å². The zero-order chi connectivity index (χ0) is 21.3. The topological polar surface area (TPSA) is 78.7 Å². The lowest BCUT2D eigenvalue weighted by molar-refractivity contribution is -0.384. The van der Waals surface area contributed by atoms with Crippen LogP contribution < -0.4 is 9.47 Å². The van der Waals surface area contributed by atoms with Gasteiger partial charge in [0.15, 0.2) is 5.76 Å². The Morgan fingerprint density at radius 2 is 1.80 bits per heavy atom. The molecule has 7 heteroatoms. The summed E-state index contributed by atoms with van der Waals surface area (Å²) < 4.78 is 12.6. The van der Waals surface area contributed by atoms with Crippen molar-refractivity contribution in [2.24, 2.45) is 0 Å². The fourth-order valence-electron chi connectivity index (χ4n) is 3.15. The zero-order valence-electron chi connectivity index (χ0n) is 15.9. The van der Waals surface area contributed by atoms with E-state index in [2.05, 4.69) is 15.9 Å². The van der Waals surface area contributed by atoms with E-state index in [1.807, 2.05) is 31.2 Å². The Hall–Kier alpha value is -3.45. The van der Waals surface area contributed by atoms with E-state index in [0.29, 0.717) is 17.1 Å². The van der Waals surface area contributed by atoms with Crippen LogP contribution in [0.1, 0.15) is 27.0 Å². The molecule has 0 saturated carbocycles. The van der Waals surface area contributed by atoms with Crippen LogP contribution in [0.5, 0.6) is 11.5 Å². The fourth-order valence-corrected chi connectivity index (χ4v) is 3.42. The molecule has 150 valence electrons. The van der Waals surface area contributed by atoms with Crippen molar-refractivity contribution < 1.29 is 19.2 Å². The normalized spacial score (nSPS) is 13.8. The molecule has 0 spiro atoms. The van der Waals surface area contributed by atoms with Crippen molar-refractivity contribution in [3.8, 4) is 11.5 Å². The number of Topliss-reactive ketones (excluding diaryl/α,β-unsaturated/α-hetero) is 1. The summed E-state index contributed by atoms with van der Waals surface area (Å²) in [5, 5.41) is 10.7. The molecular formula is C23H16BrNO5. The molecule has 6 nitrogen and oxygen atoms in total. The summed E-state index contributed by atoms with van der Waals surface area (Å²) in [6.45, 7) is 2.08. The number of non-ortho nitro benzene ring substituents is 1. The van der Waals surface area contributed by atoms with Crippen LogP contribution in [-0.4, -0.2) is 10.7 Å². The Balaban J connectivity index is 1.52. The first-order valence-electron chi connectivity index (χ1n) is 9.11. The van der Waals surface area contributed by atoms with Gasteiger partial charge in [-0.1, -0.05) is 28.1 Å². The maximum absolute atomic E-state index is 12.8. The van der Waals surface area contributed by atoms with Crippen LogP contribution in [0.15, 0.2) is 70.9 Å². The maximum Gasteiger partial charge on any atom is 0.269 e. The second-order valence-electron chi connectivity index (χ2n) is 6.82. The number of rotatable bonds is 5. The van der Waals surface area contributed by atoms with Gasteiger partial charge in [0.25, 0.3) is 5.69 Å². The molecule has 3 aromatic rings. The number of nitrogens with zero attached hydrogens (tertiary/aromatic N) is 1. The number of ketones is 1. The summed E-state index contributed by atoms with van der Waals surface area (Å²) in [6.07, 6.45) is 1.71. The molecule has 3 aromatic carbocycles. The Labute approximate surface area is 181 Å². The number of hydrogen-bond donors (Lipinski definition) is 0. The number of fused-ring (bicyclic) bond motifs is 1. The van der Waals surface area contributed by atoms with Gasteiger partial charge >= 0.3 is 0 Å². The van der Waals surface area contributed by atoms with Crippen molar-refractivity contribution in [3.63, 3.8) is 0 Å². The summed E-state index contributed by atoms with van der Waals surface area (Å²) >= 11 is 3.39. The van der Waals surface area contributed by atoms with Gasteiger partial charge in [0.2, 0.25) is 5.78 Å². The molecule has 0 saturated heterocycles. The quantitative estimate of drug-likeness (QED) is 0.267. The second-order valence-corrected chi connectivity index (χ2v) is 7.73. The second kappa shape index (κ2) is 8.12. The number of benzene rings is 3. The first-order valence-corrected chi connectivity index (χ1v) is 9.90. The van der Waals surface area contributed by atoms with Crippen LogP contribution in [0.25, 0.3) is 6.08 Å². The van der Waals surface area contributed by atoms with Gasteiger partial charge in [-0.15, -0.1) is 0 Å². The van der Waals surface area contributed by atoms with E-state index in [-0.39, 0.29) is 23.8 Å². The number of nitro groups is 1. The van der Waals surface area contributed by atoms with Crippen molar-refractivity contribution in [1.82, 2.24) is 0 Å². The lowest BCUT2D eigenvalue weighted by Crippen LogP contribution is -2.00. The van der Waals surface area contributed by atoms with Crippen LogP contribution in [0.4, 0.5) is 5.69 Å². The average Bonchev–Trinajstić information content (AvgIpc) is 3.04. The van der Waals surface area contributed by atoms with Gasteiger partial charge in [-0.05, 0) is 60.0 Å². The molecule has 0 amide bonds. The van der Waals surface area contributed by atoms with Gasteiger partial charge < -0.3 is 9.47 Å². The van der Waals surface area contributed by atoms with E-state index in [4.69, 9.17) is 9.47 Å². The summed E-state index contributed by atoms with van der Waals surface area (Å²) in [5.74, 6) is 1.12. The molecule has 0 aliphatic carbocycles. The number of ether oxygens (including phenoxy) is 2. The molecule has 0 atom stereocenters. The first-order chi connectivity index (χ1) is 14.4. The van der Waals surface area contributed by atoms with E-state index in [1.165, 1.54) is 12.1 Å². The van der Waals surface area contributed by atoms with Crippen LogP contribution in [0, 0.1) is 17.0 Å². The van der Waals surface area contributed by atoms with Crippen molar-refractivity contribution in [2.45, 2.75) is 13.5 Å². The smallest absolute Gasteiger partial charge is 0.269 e. The highest BCUT2D eigenvalue weighted by molar-refractivity contribution is 9.10. The van der Waals surface area contributed by atoms with Crippen LogP contribution in [0.3, 0.4) is 0 Å². The molecule has 0 N–H and O–H groups in total. The standard InChI is InChI=1S/C23H16BrNO5/c1-14-10-19(29-13-16-4-8-18(9-5-16)25(27)28)12-20-22(14)23(26)21(30-20)11-15-2-6-17(24)7-3-15/h2-12H,13H2,1H3/b21-11-. The Morgan fingerprint density at radius 3 is 2.47 bits per heavy atom. The minimum atomic E-state index is -0.442. The highest BCUT2D eigenvalue weighted by atomic mass is 79.9. The highest BCUT2D eigenvalue weighted by Gasteiger charge is 2.30. The SMILES string of the molecule is Cc1cc(OCc2ccc([N+](=O)[O-])cc2)cc2c1C(=O)/C(=C/c1ccc(Br)cc1)O2. The zero-order valence-corrected chi connectivity index (χ0v) is 17.5. The third-order valence-corrected chi connectivity index (χ3v) is 5.19. The first kappa shape index (κ1) is 19.8. The molecule has 1 heterocycles. The lowest BCUT2D eigenvalue weighted by atomic mass is 10.0. The molecule has 0 radical (unpaired) electrons. The average molecular weight is 466 g/mol. The van der Waals surface area contributed by atoms with E-state index in [1.54, 1.807) is 30.3 Å². The number of halogens is 1. The predicted octanol–water partition coefficient (Wildman–Crippen LogP) is 5.86. The van der Waals surface area contributed by atoms with Gasteiger partial charge in [0.05, 0.1) is 10.5 Å². The molecule has 0 bridgehead atoms. The summed E-state index contributed by atoms with van der Waals surface area (Å²) in [6, 6.07) is 17.2. The molecule has 0 fully saturated rings. The van der Waals surface area contributed by atoms with Crippen molar-refractivity contribution >= 4 is 33.5 Å². The summed E-state index contributed by atoms with van der Waals surface area (Å²) in [7, 11) is 0. The molecule has 0 unspecified atom stereocenters. The molecule has 1 aliphatic heterocycles. The molecular weight excluding hydrogens is 450 g/mol. The predicted molar refractivity (Wildman–Crippen MR) is 116 cm³/mol. The van der Waals surface area contributed by atoms with Crippen molar-refractivity contribution in [2.75, 3.05) is 0 Å². The fraction of sp³-hybridized carbons (Fsp3) is 0.0870. The number of nitro benzene ring substituents is 1. The minimum absolute atomic E-state index is 0.0316. The van der Waals surface area contributed by atoms with E-state index in [0.717, 1.165) is 21.2 Å². The van der Waals surface area contributed by atoms with E-state index < -0.39 is 4.92 Å². The van der Waals surface area contributed by atoms with Gasteiger partial charge in [-0.3, -0.25) is 14.9 Å². The Morgan fingerprint density at radius 1 is 1.10 bits per heavy atom. The van der Waals surface area contributed by atoms with E-state index >= 15 is 0 Å². The number of hydrogen-bond acceptors (Lipinski definition) is 5. The monoisotopic (exact) mass is 465 g/mol. The molecule has 1 aliphatic rings. The number of carbonyl (C=O) groups is 1. The number of aryl methyl sites for hydroxylation is 1. The maximum atomic E-state index is 12.8. The van der Waals surface area contributed by atoms with Crippen LogP contribution in [-0.2, 0) is 6.61 Å². The molecule has 0 aromatic heterocycles.